The number of benzene rings is 2. The number of hydrogen-bond donors (Lipinski definition) is 0. The molecule has 0 fully saturated rings. The number of hydrogen-bond acceptors (Lipinski definition) is 0. The van der Waals surface area contributed by atoms with Gasteiger partial charge >= 0.3 is 0 Å². The standard InChI is InChI=1S/C32H44N2/c1-5-9-12-13-14-26-19-23-28(24-20-26)32-30(16-11-7-3)29(15-10-6-2)31(34(32)33)27-21-17-25(8-4)18-22-27/h17-24H,5-16H2,1-4H3. The number of rotatable bonds is 14. The van der Waals surface area contributed by atoms with Crippen LogP contribution < -0.4 is 0 Å². The van der Waals surface area contributed by atoms with Crippen molar-refractivity contribution in [2.45, 2.75) is 105 Å². The van der Waals surface area contributed by atoms with E-state index in [9.17, 15) is 5.53 Å². The highest BCUT2D eigenvalue weighted by atomic mass is 15.2. The van der Waals surface area contributed by atoms with Gasteiger partial charge in [-0.15, -0.1) is 0 Å². The van der Waals surface area contributed by atoms with Gasteiger partial charge in [0.25, 0.3) is 0 Å². The molecule has 0 saturated carbocycles. The topological polar surface area (TPSA) is 25.3 Å². The molecule has 0 saturated heterocycles. The molecule has 1 aliphatic heterocycles. The van der Waals surface area contributed by atoms with Gasteiger partial charge in [-0.25, -0.2) is 4.70 Å². The molecule has 1 heterocycles. The van der Waals surface area contributed by atoms with E-state index < -0.39 is 0 Å². The lowest BCUT2D eigenvalue weighted by Gasteiger charge is -2.11. The summed E-state index contributed by atoms with van der Waals surface area (Å²) in [7, 11) is 0. The lowest BCUT2D eigenvalue weighted by atomic mass is 9.92. The highest BCUT2D eigenvalue weighted by molar-refractivity contribution is 5.82. The molecule has 2 nitrogen and oxygen atoms in total. The first-order chi connectivity index (χ1) is 16.6. The van der Waals surface area contributed by atoms with E-state index in [2.05, 4.69) is 76.2 Å². The molecule has 2 aromatic rings. The second-order valence-electron chi connectivity index (χ2n) is 9.73. The van der Waals surface area contributed by atoms with E-state index in [1.54, 1.807) is 0 Å². The van der Waals surface area contributed by atoms with Gasteiger partial charge in [-0.1, -0.05) is 84.1 Å². The SMILES string of the molecule is CCCCCCc1ccc(C2=C(CCCC)C(CCCC)=C(c3ccc(CC)cc3)[N+]2=[N-])cc1. The zero-order chi connectivity index (χ0) is 24.3. The Morgan fingerprint density at radius 2 is 1.00 bits per heavy atom. The van der Waals surface area contributed by atoms with E-state index in [0.717, 1.165) is 73.9 Å². The van der Waals surface area contributed by atoms with Crippen LogP contribution in [0, 0.1) is 0 Å². The molecule has 2 heteroatoms. The third kappa shape index (κ3) is 6.34. The number of aryl methyl sites for hydroxylation is 2. The second-order valence-corrected chi connectivity index (χ2v) is 9.73. The van der Waals surface area contributed by atoms with Crippen molar-refractivity contribution in [2.24, 2.45) is 0 Å². The molecule has 182 valence electrons. The van der Waals surface area contributed by atoms with Crippen molar-refractivity contribution in [3.05, 3.63) is 87.5 Å². The van der Waals surface area contributed by atoms with Crippen LogP contribution in [0.2, 0.25) is 0 Å². The highest BCUT2D eigenvalue weighted by Gasteiger charge is 2.34. The van der Waals surface area contributed by atoms with Gasteiger partial charge < -0.3 is 5.53 Å². The Morgan fingerprint density at radius 1 is 0.529 bits per heavy atom. The zero-order valence-electron chi connectivity index (χ0n) is 22.0. The van der Waals surface area contributed by atoms with Crippen LogP contribution in [0.5, 0.6) is 0 Å². The van der Waals surface area contributed by atoms with Gasteiger partial charge in [0.2, 0.25) is 11.4 Å². The Labute approximate surface area is 208 Å². The van der Waals surface area contributed by atoms with Crippen molar-refractivity contribution in [1.82, 2.24) is 0 Å². The molecule has 0 spiro atoms. The van der Waals surface area contributed by atoms with Crippen LogP contribution >= 0.6 is 0 Å². The van der Waals surface area contributed by atoms with E-state index in [1.165, 1.54) is 52.7 Å². The minimum absolute atomic E-state index is 0.987. The monoisotopic (exact) mass is 456 g/mol. The van der Waals surface area contributed by atoms with Gasteiger partial charge in [0, 0.05) is 22.3 Å². The van der Waals surface area contributed by atoms with Crippen LogP contribution in [0.3, 0.4) is 0 Å². The van der Waals surface area contributed by atoms with Crippen molar-refractivity contribution in [3.63, 3.8) is 0 Å². The summed E-state index contributed by atoms with van der Waals surface area (Å²) in [5.74, 6) is 0. The van der Waals surface area contributed by atoms with Crippen molar-refractivity contribution in [2.75, 3.05) is 0 Å². The van der Waals surface area contributed by atoms with Crippen molar-refractivity contribution >= 4 is 11.4 Å². The summed E-state index contributed by atoms with van der Waals surface area (Å²) in [6.45, 7) is 8.94. The lowest BCUT2D eigenvalue weighted by molar-refractivity contribution is -0.345. The van der Waals surface area contributed by atoms with Gasteiger partial charge in [0.15, 0.2) is 0 Å². The maximum atomic E-state index is 11.6. The molecule has 34 heavy (non-hydrogen) atoms. The third-order valence-corrected chi connectivity index (χ3v) is 7.10. The fourth-order valence-electron chi connectivity index (χ4n) is 4.98. The van der Waals surface area contributed by atoms with Crippen LogP contribution in [-0.2, 0) is 12.8 Å². The molecular formula is C32H44N2. The van der Waals surface area contributed by atoms with E-state index in [4.69, 9.17) is 0 Å². The van der Waals surface area contributed by atoms with Crippen molar-refractivity contribution in [3.8, 4) is 0 Å². The minimum Gasteiger partial charge on any atom is -0.493 e. The summed E-state index contributed by atoms with van der Waals surface area (Å²) in [4.78, 5) is 0. The van der Waals surface area contributed by atoms with E-state index in [1.807, 2.05) is 0 Å². The minimum atomic E-state index is 0.987. The fourth-order valence-corrected chi connectivity index (χ4v) is 4.98. The smallest absolute Gasteiger partial charge is 0.211 e. The zero-order valence-corrected chi connectivity index (χ0v) is 22.0. The first-order valence-electron chi connectivity index (χ1n) is 13.8. The first-order valence-corrected chi connectivity index (χ1v) is 13.8. The molecule has 1 aliphatic rings. The van der Waals surface area contributed by atoms with Crippen LogP contribution in [0.25, 0.3) is 16.9 Å². The molecule has 0 atom stereocenters. The molecule has 2 aromatic carbocycles. The fraction of sp³-hybridized carbons (Fsp3) is 0.500. The van der Waals surface area contributed by atoms with Crippen molar-refractivity contribution < 1.29 is 4.70 Å². The Hall–Kier alpha value is -2.48. The number of unbranched alkanes of at least 4 members (excludes halogenated alkanes) is 5. The van der Waals surface area contributed by atoms with Gasteiger partial charge in [-0.05, 0) is 80.3 Å². The molecule has 0 unspecified atom stereocenters. The number of allylic oxidation sites excluding steroid dienone is 2. The molecule has 0 radical (unpaired) electrons. The maximum absolute atomic E-state index is 11.6. The summed E-state index contributed by atoms with van der Waals surface area (Å²) >= 11 is 0. The Kier molecular flexibility index (Phi) is 10.3. The van der Waals surface area contributed by atoms with E-state index in [-0.39, 0.29) is 0 Å². The molecule has 0 N–H and O–H groups in total. The summed E-state index contributed by atoms with van der Waals surface area (Å²) in [5.41, 5.74) is 21.2. The molecule has 0 bridgehead atoms. The average molecular weight is 457 g/mol. The maximum Gasteiger partial charge on any atom is 0.211 e. The lowest BCUT2D eigenvalue weighted by Crippen LogP contribution is -2.03. The van der Waals surface area contributed by atoms with Gasteiger partial charge in [-0.3, -0.25) is 0 Å². The van der Waals surface area contributed by atoms with E-state index in [0.29, 0.717) is 0 Å². The van der Waals surface area contributed by atoms with Gasteiger partial charge in [-0.2, -0.15) is 0 Å². The first kappa shape index (κ1) is 26.1. The Bertz CT molecular complexity index is 990. The average Bonchev–Trinajstić information content (AvgIpc) is 3.15. The van der Waals surface area contributed by atoms with Crippen LogP contribution in [0.1, 0.15) is 114 Å². The summed E-state index contributed by atoms with van der Waals surface area (Å²) < 4.78 is 1.51. The van der Waals surface area contributed by atoms with E-state index >= 15 is 0 Å². The van der Waals surface area contributed by atoms with Gasteiger partial charge in [0.1, 0.15) is 0 Å². The molecular weight excluding hydrogens is 412 g/mol. The Morgan fingerprint density at radius 3 is 1.44 bits per heavy atom. The molecule has 3 rings (SSSR count). The highest BCUT2D eigenvalue weighted by Crippen LogP contribution is 2.44. The van der Waals surface area contributed by atoms with Gasteiger partial charge in [0.05, 0.1) is 0 Å². The second kappa shape index (κ2) is 13.4. The number of nitrogens with zero attached hydrogens (tertiary/aromatic N) is 2. The quantitative estimate of drug-likeness (QED) is 0.200. The summed E-state index contributed by atoms with van der Waals surface area (Å²) in [5, 5.41) is 0. The predicted octanol–water partition coefficient (Wildman–Crippen LogP) is 9.92. The predicted molar refractivity (Wildman–Crippen MR) is 147 cm³/mol. The molecule has 0 amide bonds. The largest absolute Gasteiger partial charge is 0.493 e. The van der Waals surface area contributed by atoms with Crippen LogP contribution in [0.15, 0.2) is 59.7 Å². The molecule has 0 aromatic heterocycles. The normalized spacial score (nSPS) is 13.9. The van der Waals surface area contributed by atoms with Crippen LogP contribution in [0.4, 0.5) is 0 Å². The Balaban J connectivity index is 1.97. The molecule has 0 aliphatic carbocycles. The third-order valence-electron chi connectivity index (χ3n) is 7.10. The summed E-state index contributed by atoms with van der Waals surface area (Å²) in [6, 6.07) is 17.7. The van der Waals surface area contributed by atoms with Crippen LogP contribution in [-0.4, -0.2) is 4.70 Å². The van der Waals surface area contributed by atoms with Crippen molar-refractivity contribution in [1.29, 1.82) is 0 Å². The summed E-state index contributed by atoms with van der Waals surface area (Å²) in [6.07, 6.45) is 13.9.